The molecule has 3 aromatic rings. The first-order valence-corrected chi connectivity index (χ1v) is 13.7. The Morgan fingerprint density at radius 3 is 1.93 bits per heavy atom. The first-order valence-electron chi connectivity index (χ1n) is 10.2. The summed E-state index contributed by atoms with van der Waals surface area (Å²) in [7, 11) is -1.40. The fourth-order valence-corrected chi connectivity index (χ4v) is 5.36. The van der Waals surface area contributed by atoms with E-state index in [-0.39, 0.29) is 0 Å². The monoisotopic (exact) mass is 388 g/mol. The van der Waals surface area contributed by atoms with Crippen molar-refractivity contribution in [2.45, 2.75) is 53.8 Å². The van der Waals surface area contributed by atoms with Crippen LogP contribution >= 0.6 is 0 Å². The molecule has 0 fully saturated rings. The Morgan fingerprint density at radius 2 is 1.39 bits per heavy atom. The van der Waals surface area contributed by atoms with Crippen LogP contribution in [-0.4, -0.2) is 18.0 Å². The molecule has 0 N–H and O–H groups in total. The molecular weight excluding hydrogens is 356 g/mol. The standard InChI is InChI=1S/C25H32N2Si/c1-17(2)12-23-15-24(26-16-25(23)28(5,6)7)21-10-8-20(9-11-21)22-13-18(3)27-19(4)14-22/h8-11,13-17H,12H2,1-7H3. The van der Waals surface area contributed by atoms with E-state index in [1.54, 1.807) is 0 Å². The van der Waals surface area contributed by atoms with E-state index in [4.69, 9.17) is 4.98 Å². The molecule has 0 amide bonds. The Morgan fingerprint density at radius 1 is 0.821 bits per heavy atom. The van der Waals surface area contributed by atoms with Gasteiger partial charge in [-0.15, -0.1) is 0 Å². The molecule has 3 heteroatoms. The third-order valence-corrected chi connectivity index (χ3v) is 7.09. The summed E-state index contributed by atoms with van der Waals surface area (Å²) in [6.07, 6.45) is 3.26. The van der Waals surface area contributed by atoms with E-state index in [1.807, 2.05) is 13.8 Å². The fourth-order valence-electron chi connectivity index (χ4n) is 3.77. The number of hydrogen-bond donors (Lipinski definition) is 0. The molecule has 1 aromatic carbocycles. The Balaban J connectivity index is 1.97. The summed E-state index contributed by atoms with van der Waals surface area (Å²) < 4.78 is 0. The molecule has 0 unspecified atom stereocenters. The summed E-state index contributed by atoms with van der Waals surface area (Å²) in [5.41, 5.74) is 8.29. The maximum absolute atomic E-state index is 4.84. The van der Waals surface area contributed by atoms with Gasteiger partial charge in [0.05, 0.1) is 13.8 Å². The predicted molar refractivity (Wildman–Crippen MR) is 124 cm³/mol. The van der Waals surface area contributed by atoms with Crippen molar-refractivity contribution in [1.82, 2.24) is 9.97 Å². The van der Waals surface area contributed by atoms with Gasteiger partial charge < -0.3 is 0 Å². The molecule has 0 atom stereocenters. The SMILES string of the molecule is Cc1cc(-c2ccc(-c3cc(CC(C)C)c([Si](C)(C)C)cn3)cc2)cc(C)n1. The van der Waals surface area contributed by atoms with Crippen molar-refractivity contribution in [2.75, 3.05) is 0 Å². The molecular formula is C25H32N2Si. The first kappa shape index (κ1) is 20.5. The molecule has 0 saturated heterocycles. The van der Waals surface area contributed by atoms with Crippen LogP contribution in [0.15, 0.2) is 48.7 Å². The zero-order chi connectivity index (χ0) is 20.5. The minimum Gasteiger partial charge on any atom is -0.258 e. The fraction of sp³-hybridized carbons (Fsp3) is 0.360. The summed E-state index contributed by atoms with van der Waals surface area (Å²) in [6, 6.07) is 15.4. The van der Waals surface area contributed by atoms with Crippen molar-refractivity contribution < 1.29 is 0 Å². The molecule has 0 spiro atoms. The largest absolute Gasteiger partial charge is 0.258 e. The maximum Gasteiger partial charge on any atom is 0.0799 e. The lowest BCUT2D eigenvalue weighted by atomic mass is 9.99. The molecule has 2 aromatic heterocycles. The molecule has 2 nitrogen and oxygen atoms in total. The molecule has 3 rings (SSSR count). The molecule has 0 bridgehead atoms. The van der Waals surface area contributed by atoms with Gasteiger partial charge in [0.15, 0.2) is 0 Å². The van der Waals surface area contributed by atoms with E-state index in [9.17, 15) is 0 Å². The van der Waals surface area contributed by atoms with Gasteiger partial charge in [-0.1, -0.05) is 57.8 Å². The van der Waals surface area contributed by atoms with Crippen LogP contribution in [0.1, 0.15) is 30.8 Å². The second-order valence-electron chi connectivity index (χ2n) is 9.29. The number of hydrogen-bond acceptors (Lipinski definition) is 2. The van der Waals surface area contributed by atoms with Gasteiger partial charge in [0.1, 0.15) is 0 Å². The highest BCUT2D eigenvalue weighted by Gasteiger charge is 2.21. The average molecular weight is 389 g/mol. The van der Waals surface area contributed by atoms with Crippen LogP contribution in [0.3, 0.4) is 0 Å². The predicted octanol–water partition coefficient (Wildman–Crippen LogP) is 6.17. The van der Waals surface area contributed by atoms with Crippen molar-refractivity contribution in [3.63, 3.8) is 0 Å². The first-order chi connectivity index (χ1) is 13.1. The molecule has 2 heterocycles. The van der Waals surface area contributed by atoms with Crippen molar-refractivity contribution in [2.24, 2.45) is 5.92 Å². The highest BCUT2D eigenvalue weighted by atomic mass is 28.3. The van der Waals surface area contributed by atoms with Crippen LogP contribution in [0.2, 0.25) is 19.6 Å². The molecule has 28 heavy (non-hydrogen) atoms. The normalized spacial score (nSPS) is 11.9. The van der Waals surface area contributed by atoms with Crippen LogP contribution < -0.4 is 5.19 Å². The number of nitrogens with zero attached hydrogens (tertiary/aromatic N) is 2. The Bertz CT molecular complexity index is 947. The maximum atomic E-state index is 4.84. The highest BCUT2D eigenvalue weighted by Crippen LogP contribution is 2.26. The van der Waals surface area contributed by atoms with Gasteiger partial charge in [0, 0.05) is 23.1 Å². The van der Waals surface area contributed by atoms with Crippen LogP contribution in [0.25, 0.3) is 22.4 Å². The van der Waals surface area contributed by atoms with Crippen molar-refractivity contribution >= 4 is 13.3 Å². The van der Waals surface area contributed by atoms with Crippen LogP contribution in [0.4, 0.5) is 0 Å². The second kappa shape index (κ2) is 8.00. The molecule has 0 aliphatic heterocycles. The Labute approximate surface area is 171 Å². The number of rotatable bonds is 5. The van der Waals surface area contributed by atoms with E-state index >= 15 is 0 Å². The van der Waals surface area contributed by atoms with E-state index in [1.165, 1.54) is 27.4 Å². The minimum absolute atomic E-state index is 0.644. The van der Waals surface area contributed by atoms with Gasteiger partial charge in [-0.25, -0.2) is 0 Å². The number of aryl methyl sites for hydroxylation is 2. The lowest BCUT2D eigenvalue weighted by molar-refractivity contribution is 0.649. The highest BCUT2D eigenvalue weighted by molar-refractivity contribution is 6.89. The van der Waals surface area contributed by atoms with Crippen LogP contribution in [0.5, 0.6) is 0 Å². The van der Waals surface area contributed by atoms with Gasteiger partial charge >= 0.3 is 0 Å². The summed E-state index contributed by atoms with van der Waals surface area (Å²) in [5, 5.41) is 1.49. The van der Waals surface area contributed by atoms with Crippen molar-refractivity contribution in [3.8, 4) is 22.4 Å². The van der Waals surface area contributed by atoms with Gasteiger partial charge in [-0.3, -0.25) is 9.97 Å². The van der Waals surface area contributed by atoms with Crippen LogP contribution in [-0.2, 0) is 6.42 Å². The van der Waals surface area contributed by atoms with Gasteiger partial charge in [-0.2, -0.15) is 0 Å². The zero-order valence-electron chi connectivity index (χ0n) is 18.3. The zero-order valence-corrected chi connectivity index (χ0v) is 19.3. The summed E-state index contributed by atoms with van der Waals surface area (Å²) >= 11 is 0. The molecule has 0 radical (unpaired) electrons. The molecule has 0 saturated carbocycles. The quantitative estimate of drug-likeness (QED) is 0.488. The van der Waals surface area contributed by atoms with E-state index in [0.717, 1.165) is 23.5 Å². The lowest BCUT2D eigenvalue weighted by Crippen LogP contribution is -2.40. The molecule has 146 valence electrons. The molecule has 0 aliphatic carbocycles. The van der Waals surface area contributed by atoms with Crippen molar-refractivity contribution in [3.05, 3.63) is 65.6 Å². The Hall–Kier alpha value is -2.26. The van der Waals surface area contributed by atoms with Gasteiger partial charge in [-0.05, 0) is 66.3 Å². The molecule has 0 aliphatic rings. The summed E-state index contributed by atoms with van der Waals surface area (Å²) in [5.74, 6) is 0.644. The summed E-state index contributed by atoms with van der Waals surface area (Å²) in [4.78, 5) is 9.32. The van der Waals surface area contributed by atoms with Crippen molar-refractivity contribution in [1.29, 1.82) is 0 Å². The van der Waals surface area contributed by atoms with Crippen LogP contribution in [0, 0.1) is 19.8 Å². The third-order valence-electron chi connectivity index (χ3n) is 5.02. The minimum atomic E-state index is -1.40. The van der Waals surface area contributed by atoms with Gasteiger partial charge in [0.25, 0.3) is 0 Å². The topological polar surface area (TPSA) is 25.8 Å². The third kappa shape index (κ3) is 4.77. The summed E-state index contributed by atoms with van der Waals surface area (Å²) in [6.45, 7) is 15.9. The Kier molecular flexibility index (Phi) is 5.85. The number of benzene rings is 1. The van der Waals surface area contributed by atoms with E-state index in [2.05, 4.69) is 87.1 Å². The number of pyridine rings is 2. The van der Waals surface area contributed by atoms with E-state index in [0.29, 0.717) is 5.92 Å². The van der Waals surface area contributed by atoms with Gasteiger partial charge in [0.2, 0.25) is 0 Å². The number of aromatic nitrogens is 2. The second-order valence-corrected chi connectivity index (χ2v) is 14.3. The smallest absolute Gasteiger partial charge is 0.0799 e. The lowest BCUT2D eigenvalue weighted by Gasteiger charge is -2.22. The van der Waals surface area contributed by atoms with E-state index < -0.39 is 8.07 Å². The average Bonchev–Trinajstić information content (AvgIpc) is 2.59.